The third kappa shape index (κ3) is 4.73. The molecular formula is C22H32N4O3. The fourth-order valence-corrected chi connectivity index (χ4v) is 4.56. The number of nitrogens with zero attached hydrogens (tertiary/aromatic N) is 4. The smallest absolute Gasteiger partial charge is 0.320 e. The summed E-state index contributed by atoms with van der Waals surface area (Å²) in [5, 5.41) is 0. The quantitative estimate of drug-likeness (QED) is 0.777. The molecule has 3 saturated heterocycles. The molecular weight excluding hydrogens is 368 g/mol. The van der Waals surface area contributed by atoms with Crippen molar-refractivity contribution in [2.24, 2.45) is 0 Å². The van der Waals surface area contributed by atoms with Crippen molar-refractivity contribution in [3.8, 4) is 0 Å². The minimum absolute atomic E-state index is 0.103. The number of piperidine rings is 1. The lowest BCUT2D eigenvalue weighted by molar-refractivity contribution is -0.139. The second-order valence-corrected chi connectivity index (χ2v) is 8.10. The predicted molar refractivity (Wildman–Crippen MR) is 111 cm³/mol. The Morgan fingerprint density at radius 1 is 0.724 bits per heavy atom. The summed E-state index contributed by atoms with van der Waals surface area (Å²) < 4.78 is 5.36. The van der Waals surface area contributed by atoms with Gasteiger partial charge in [0.15, 0.2) is 0 Å². The molecule has 0 N–H and O–H groups in total. The van der Waals surface area contributed by atoms with E-state index in [1.807, 2.05) is 32.9 Å². The zero-order valence-electron chi connectivity index (χ0n) is 17.2. The second-order valence-electron chi connectivity index (χ2n) is 8.10. The normalized spacial score (nSPS) is 22.4. The highest BCUT2D eigenvalue weighted by Gasteiger charge is 2.35. The molecule has 3 aliphatic rings. The molecule has 0 bridgehead atoms. The first kappa shape index (κ1) is 20.2. The molecule has 0 aliphatic carbocycles. The molecule has 1 aromatic rings. The Kier molecular flexibility index (Phi) is 6.67. The maximum Gasteiger partial charge on any atom is 0.320 e. The zero-order valence-corrected chi connectivity index (χ0v) is 17.2. The number of morpholine rings is 1. The molecule has 0 saturated carbocycles. The molecule has 158 valence electrons. The van der Waals surface area contributed by atoms with Crippen molar-refractivity contribution in [1.82, 2.24) is 19.6 Å². The summed E-state index contributed by atoms with van der Waals surface area (Å²) in [4.78, 5) is 34.3. The summed E-state index contributed by atoms with van der Waals surface area (Å²) >= 11 is 0. The highest BCUT2D eigenvalue weighted by molar-refractivity contribution is 5.83. The minimum atomic E-state index is -0.255. The summed E-state index contributed by atoms with van der Waals surface area (Å²) in [6.45, 7) is 7.04. The lowest BCUT2D eigenvalue weighted by atomic mass is 10.0. The number of carbonyl (C=O) groups is 2. The van der Waals surface area contributed by atoms with Gasteiger partial charge in [0.2, 0.25) is 5.91 Å². The summed E-state index contributed by atoms with van der Waals surface area (Å²) in [5.74, 6) is 0.212. The third-order valence-corrected chi connectivity index (χ3v) is 6.25. The molecule has 7 heteroatoms. The molecule has 3 amide bonds. The molecule has 1 atom stereocenters. The maximum absolute atomic E-state index is 13.4. The predicted octanol–water partition coefficient (Wildman–Crippen LogP) is 1.81. The van der Waals surface area contributed by atoms with Crippen LogP contribution in [0.15, 0.2) is 30.3 Å². The second kappa shape index (κ2) is 9.59. The number of urea groups is 1. The highest BCUT2D eigenvalue weighted by atomic mass is 16.5. The molecule has 0 radical (unpaired) electrons. The maximum atomic E-state index is 13.4. The van der Waals surface area contributed by atoms with Crippen molar-refractivity contribution in [3.05, 3.63) is 35.9 Å². The first-order chi connectivity index (χ1) is 14.2. The van der Waals surface area contributed by atoms with E-state index in [9.17, 15) is 9.59 Å². The Hall–Kier alpha value is -2.12. The van der Waals surface area contributed by atoms with Gasteiger partial charge in [0.05, 0.1) is 13.2 Å². The van der Waals surface area contributed by atoms with E-state index < -0.39 is 0 Å². The SMILES string of the molecule is O=C([C@H](c1ccccc1)N1CCN(C(=O)N2CCOCC2)CC1)N1CCCCC1. The average Bonchev–Trinajstić information content (AvgIpc) is 2.81. The Balaban J connectivity index is 1.43. The van der Waals surface area contributed by atoms with E-state index in [2.05, 4.69) is 17.0 Å². The van der Waals surface area contributed by atoms with Crippen molar-refractivity contribution >= 4 is 11.9 Å². The fourth-order valence-electron chi connectivity index (χ4n) is 4.56. The Bertz CT molecular complexity index is 679. The number of benzene rings is 1. The first-order valence-electron chi connectivity index (χ1n) is 10.9. The molecule has 29 heavy (non-hydrogen) atoms. The Labute approximate surface area is 173 Å². The van der Waals surface area contributed by atoms with Crippen LogP contribution in [-0.4, -0.2) is 97.1 Å². The summed E-state index contributed by atoms with van der Waals surface area (Å²) in [6.07, 6.45) is 3.40. The number of rotatable bonds is 3. The zero-order chi connectivity index (χ0) is 20.1. The van der Waals surface area contributed by atoms with E-state index in [0.29, 0.717) is 39.4 Å². The van der Waals surface area contributed by atoms with Crippen LogP contribution in [-0.2, 0) is 9.53 Å². The Morgan fingerprint density at radius 2 is 1.34 bits per heavy atom. The summed E-state index contributed by atoms with van der Waals surface area (Å²) in [5.41, 5.74) is 1.05. The van der Waals surface area contributed by atoms with Crippen molar-refractivity contribution in [2.75, 3.05) is 65.6 Å². The summed E-state index contributed by atoms with van der Waals surface area (Å²) in [6, 6.07) is 9.95. The van der Waals surface area contributed by atoms with Crippen molar-refractivity contribution in [2.45, 2.75) is 25.3 Å². The first-order valence-corrected chi connectivity index (χ1v) is 10.9. The number of carbonyl (C=O) groups excluding carboxylic acids is 2. The van der Waals surface area contributed by atoms with Crippen LogP contribution in [0.1, 0.15) is 30.9 Å². The third-order valence-electron chi connectivity index (χ3n) is 6.25. The van der Waals surface area contributed by atoms with Crippen molar-refractivity contribution < 1.29 is 14.3 Å². The van der Waals surface area contributed by atoms with Crippen molar-refractivity contribution in [3.63, 3.8) is 0 Å². The molecule has 3 heterocycles. The van der Waals surface area contributed by atoms with Crippen LogP contribution in [0, 0.1) is 0 Å². The van der Waals surface area contributed by atoms with E-state index in [0.717, 1.165) is 44.6 Å². The van der Waals surface area contributed by atoms with Gasteiger partial charge in [0.1, 0.15) is 6.04 Å². The van der Waals surface area contributed by atoms with Crippen LogP contribution >= 0.6 is 0 Å². The number of hydrogen-bond acceptors (Lipinski definition) is 4. The standard InChI is InChI=1S/C22H32N4O3/c27-21(24-9-5-2-6-10-24)20(19-7-3-1-4-8-19)23-11-13-25(14-12-23)22(28)26-15-17-29-18-16-26/h1,3-4,7-8,20H,2,5-6,9-18H2/t20-/m0/s1. The number of piperazine rings is 1. The van der Waals surface area contributed by atoms with Gasteiger partial charge in [-0.2, -0.15) is 0 Å². The van der Waals surface area contributed by atoms with Crippen LogP contribution in [0.5, 0.6) is 0 Å². The molecule has 0 spiro atoms. The molecule has 0 unspecified atom stereocenters. The van der Waals surface area contributed by atoms with Crippen LogP contribution in [0.2, 0.25) is 0 Å². The topological polar surface area (TPSA) is 56.3 Å². The van der Waals surface area contributed by atoms with Gasteiger partial charge < -0.3 is 19.4 Å². The van der Waals surface area contributed by atoms with Crippen LogP contribution < -0.4 is 0 Å². The van der Waals surface area contributed by atoms with Gasteiger partial charge in [-0.05, 0) is 24.8 Å². The van der Waals surface area contributed by atoms with Gasteiger partial charge in [0, 0.05) is 52.4 Å². The largest absolute Gasteiger partial charge is 0.378 e. The Morgan fingerprint density at radius 3 is 2.00 bits per heavy atom. The van der Waals surface area contributed by atoms with Crippen LogP contribution in [0.4, 0.5) is 4.79 Å². The molecule has 3 aliphatic heterocycles. The van der Waals surface area contributed by atoms with Crippen LogP contribution in [0.3, 0.4) is 0 Å². The molecule has 7 nitrogen and oxygen atoms in total. The van der Waals surface area contributed by atoms with Gasteiger partial charge >= 0.3 is 6.03 Å². The van der Waals surface area contributed by atoms with Gasteiger partial charge in [-0.3, -0.25) is 9.69 Å². The van der Waals surface area contributed by atoms with Gasteiger partial charge in [-0.1, -0.05) is 30.3 Å². The molecule has 3 fully saturated rings. The minimum Gasteiger partial charge on any atom is -0.378 e. The number of ether oxygens (including phenoxy) is 1. The van der Waals surface area contributed by atoms with E-state index in [1.54, 1.807) is 0 Å². The van der Waals surface area contributed by atoms with Crippen molar-refractivity contribution in [1.29, 1.82) is 0 Å². The van der Waals surface area contributed by atoms with E-state index >= 15 is 0 Å². The van der Waals surface area contributed by atoms with Gasteiger partial charge in [0.25, 0.3) is 0 Å². The van der Waals surface area contributed by atoms with E-state index in [4.69, 9.17) is 4.74 Å². The molecule has 0 aromatic heterocycles. The van der Waals surface area contributed by atoms with Gasteiger partial charge in [-0.25, -0.2) is 4.79 Å². The number of hydrogen-bond donors (Lipinski definition) is 0. The van der Waals surface area contributed by atoms with Crippen LogP contribution in [0.25, 0.3) is 0 Å². The number of amides is 3. The lowest BCUT2D eigenvalue weighted by Crippen LogP contribution is -2.56. The van der Waals surface area contributed by atoms with E-state index in [-0.39, 0.29) is 18.0 Å². The highest BCUT2D eigenvalue weighted by Crippen LogP contribution is 2.26. The number of likely N-dealkylation sites (tertiary alicyclic amines) is 1. The average molecular weight is 401 g/mol. The fraction of sp³-hybridized carbons (Fsp3) is 0.636. The molecule has 4 rings (SSSR count). The van der Waals surface area contributed by atoms with E-state index in [1.165, 1.54) is 6.42 Å². The lowest BCUT2D eigenvalue weighted by Gasteiger charge is -2.42. The van der Waals surface area contributed by atoms with Gasteiger partial charge in [-0.15, -0.1) is 0 Å². The molecule has 1 aromatic carbocycles. The summed E-state index contributed by atoms with van der Waals surface area (Å²) in [7, 11) is 0. The monoisotopic (exact) mass is 400 g/mol.